The SMILES string of the molecule is CCC1=CCC(P(c2cc(C)c(OC)c(C)c2)C2C=C(C)C(OC)=C(C)C2)C([C@@H](C)P(C(C)(C)C)C(C)(C)C)C1. The van der Waals surface area contributed by atoms with E-state index in [1.165, 1.54) is 41.5 Å². The van der Waals surface area contributed by atoms with Crippen LogP contribution in [-0.2, 0) is 4.74 Å². The van der Waals surface area contributed by atoms with Crippen molar-refractivity contribution >= 4 is 21.1 Å². The van der Waals surface area contributed by atoms with Crippen molar-refractivity contribution in [3.8, 4) is 5.75 Å². The van der Waals surface area contributed by atoms with Gasteiger partial charge in [-0.05, 0) is 121 Å². The molecule has 2 aliphatic rings. The fourth-order valence-corrected chi connectivity index (χ4v) is 17.4. The summed E-state index contributed by atoms with van der Waals surface area (Å²) in [6, 6.07) is 4.95. The Kier molecular flexibility index (Phi) is 10.9. The molecule has 0 heterocycles. The number of hydrogen-bond donors (Lipinski definition) is 0. The average molecular weight is 585 g/mol. The lowest BCUT2D eigenvalue weighted by atomic mass is 9.85. The van der Waals surface area contributed by atoms with Gasteiger partial charge in [-0.1, -0.05) is 89.0 Å². The standard InChI is InChI=1S/C36H58O2P2/c1-15-28-16-17-32(31(22-28)27(6)40(35(7,8)9)36(10,11)12)39(29-18-23(2)33(37-13)24(3)19-29)30-20-25(4)34(38-14)26(5)21-30/h16,18-20,27,30-32H,15,17,21-22H2,1-14H3/t27-,30?,31?,32?,39?/m1/s1. The third-order valence-corrected chi connectivity index (χ3v) is 16.4. The minimum atomic E-state index is -0.467. The van der Waals surface area contributed by atoms with Gasteiger partial charge in [-0.3, -0.25) is 0 Å². The van der Waals surface area contributed by atoms with E-state index in [9.17, 15) is 0 Å². The molecule has 224 valence electrons. The summed E-state index contributed by atoms with van der Waals surface area (Å²) in [5, 5.41) is 2.18. The van der Waals surface area contributed by atoms with Crippen molar-refractivity contribution in [2.24, 2.45) is 5.92 Å². The molecule has 0 N–H and O–H groups in total. The number of hydrogen-bond acceptors (Lipinski definition) is 2. The van der Waals surface area contributed by atoms with E-state index in [0.29, 0.717) is 33.2 Å². The van der Waals surface area contributed by atoms with Crippen molar-refractivity contribution in [3.05, 3.63) is 57.9 Å². The molecule has 4 heteroatoms. The van der Waals surface area contributed by atoms with Crippen LogP contribution < -0.4 is 10.0 Å². The van der Waals surface area contributed by atoms with Crippen LogP contribution in [0.3, 0.4) is 0 Å². The summed E-state index contributed by atoms with van der Waals surface area (Å²) in [4.78, 5) is 0. The van der Waals surface area contributed by atoms with Gasteiger partial charge in [0.2, 0.25) is 0 Å². The number of allylic oxidation sites excluding steroid dienone is 5. The molecule has 0 aliphatic heterocycles. The first kappa shape index (κ1) is 33.4. The van der Waals surface area contributed by atoms with E-state index in [1.807, 2.05) is 14.2 Å². The molecule has 0 radical (unpaired) electrons. The normalized spacial score (nSPS) is 24.0. The first-order chi connectivity index (χ1) is 18.5. The van der Waals surface area contributed by atoms with Crippen LogP contribution in [0.5, 0.6) is 5.75 Å². The fraction of sp³-hybridized carbons (Fsp3) is 0.667. The van der Waals surface area contributed by atoms with Crippen molar-refractivity contribution in [1.29, 1.82) is 0 Å². The van der Waals surface area contributed by atoms with E-state index in [1.54, 1.807) is 10.9 Å². The van der Waals surface area contributed by atoms with E-state index < -0.39 is 7.92 Å². The summed E-state index contributed by atoms with van der Waals surface area (Å²) in [5.41, 5.74) is 8.80. The molecule has 1 aromatic rings. The lowest BCUT2D eigenvalue weighted by Gasteiger charge is -2.52. The number of ether oxygens (including phenoxy) is 2. The summed E-state index contributed by atoms with van der Waals surface area (Å²) in [5.74, 6) is 2.83. The van der Waals surface area contributed by atoms with Gasteiger partial charge in [0.05, 0.1) is 14.2 Å². The predicted octanol–water partition coefficient (Wildman–Crippen LogP) is 10.6. The molecule has 3 rings (SSSR count). The monoisotopic (exact) mass is 584 g/mol. The molecule has 0 bridgehead atoms. The van der Waals surface area contributed by atoms with Gasteiger partial charge in [-0.2, -0.15) is 0 Å². The van der Waals surface area contributed by atoms with Gasteiger partial charge in [0.25, 0.3) is 0 Å². The molecule has 2 nitrogen and oxygen atoms in total. The van der Waals surface area contributed by atoms with Crippen molar-refractivity contribution in [3.63, 3.8) is 0 Å². The largest absolute Gasteiger partial charge is 0.497 e. The third-order valence-electron chi connectivity index (χ3n) is 9.14. The third kappa shape index (κ3) is 7.09. The van der Waals surface area contributed by atoms with Crippen LogP contribution in [0.15, 0.2) is 46.8 Å². The number of methoxy groups -OCH3 is 2. The van der Waals surface area contributed by atoms with Crippen molar-refractivity contribution in [1.82, 2.24) is 0 Å². The highest BCUT2D eigenvalue weighted by Gasteiger charge is 2.46. The van der Waals surface area contributed by atoms with E-state index in [2.05, 4.69) is 107 Å². The Hall–Kier alpha value is -1.10. The maximum atomic E-state index is 5.85. The minimum absolute atomic E-state index is 0.218. The Morgan fingerprint density at radius 2 is 1.48 bits per heavy atom. The Morgan fingerprint density at radius 3 is 1.93 bits per heavy atom. The molecule has 0 spiro atoms. The van der Waals surface area contributed by atoms with E-state index in [-0.39, 0.29) is 7.92 Å². The first-order valence-electron chi connectivity index (χ1n) is 15.4. The van der Waals surface area contributed by atoms with Crippen molar-refractivity contribution < 1.29 is 9.47 Å². The highest BCUT2D eigenvalue weighted by atomic mass is 31.1. The maximum absolute atomic E-state index is 5.85. The summed E-state index contributed by atoms with van der Waals surface area (Å²) in [7, 11) is 2.95. The summed E-state index contributed by atoms with van der Waals surface area (Å²) in [6.07, 6.45) is 9.93. The molecule has 0 saturated carbocycles. The molecular weight excluding hydrogens is 526 g/mol. The predicted molar refractivity (Wildman–Crippen MR) is 182 cm³/mol. The molecule has 0 aromatic heterocycles. The highest BCUT2D eigenvalue weighted by Crippen LogP contribution is 2.67. The molecule has 2 aliphatic carbocycles. The van der Waals surface area contributed by atoms with Gasteiger partial charge in [0, 0.05) is 5.66 Å². The van der Waals surface area contributed by atoms with Gasteiger partial charge in [0.1, 0.15) is 11.5 Å². The molecule has 4 unspecified atom stereocenters. The number of benzene rings is 1. The van der Waals surface area contributed by atoms with E-state index >= 15 is 0 Å². The molecular formula is C36H58O2P2. The van der Waals surface area contributed by atoms with Crippen LogP contribution in [0.2, 0.25) is 0 Å². The summed E-state index contributed by atoms with van der Waals surface area (Å²) in [6.45, 7) is 29.0. The van der Waals surface area contributed by atoms with E-state index in [4.69, 9.17) is 9.47 Å². The van der Waals surface area contributed by atoms with E-state index in [0.717, 1.165) is 17.9 Å². The van der Waals surface area contributed by atoms with Gasteiger partial charge in [0.15, 0.2) is 0 Å². The summed E-state index contributed by atoms with van der Waals surface area (Å²) >= 11 is 0. The van der Waals surface area contributed by atoms with Gasteiger partial charge in [-0.25, -0.2) is 0 Å². The average Bonchev–Trinajstić information content (AvgIpc) is 2.82. The van der Waals surface area contributed by atoms with Crippen LogP contribution in [0.25, 0.3) is 0 Å². The minimum Gasteiger partial charge on any atom is -0.497 e. The Morgan fingerprint density at radius 1 is 0.900 bits per heavy atom. The van der Waals surface area contributed by atoms with Gasteiger partial charge >= 0.3 is 0 Å². The fourth-order valence-electron chi connectivity index (χ4n) is 8.21. The smallest absolute Gasteiger partial charge is 0.124 e. The Balaban J connectivity index is 2.23. The van der Waals surface area contributed by atoms with Crippen LogP contribution in [0, 0.1) is 19.8 Å². The summed E-state index contributed by atoms with van der Waals surface area (Å²) < 4.78 is 11.7. The van der Waals surface area contributed by atoms with Crippen molar-refractivity contribution in [2.75, 3.05) is 14.2 Å². The zero-order valence-electron chi connectivity index (χ0n) is 28.2. The van der Waals surface area contributed by atoms with Gasteiger partial charge < -0.3 is 9.47 Å². The molecule has 0 amide bonds. The quantitative estimate of drug-likeness (QED) is 0.224. The van der Waals surface area contributed by atoms with Crippen molar-refractivity contribution in [2.45, 2.75) is 136 Å². The number of rotatable bonds is 8. The van der Waals surface area contributed by atoms with Gasteiger partial charge in [-0.15, -0.1) is 0 Å². The highest BCUT2D eigenvalue weighted by molar-refractivity contribution is 7.67. The Labute approximate surface area is 250 Å². The van der Waals surface area contributed by atoms with Crippen LogP contribution in [-0.4, -0.2) is 41.5 Å². The molecule has 0 saturated heterocycles. The van der Waals surface area contributed by atoms with Crippen LogP contribution in [0.1, 0.15) is 106 Å². The molecule has 1 aromatic carbocycles. The first-order valence-corrected chi connectivity index (χ1v) is 18.3. The second-order valence-corrected chi connectivity index (χ2v) is 21.2. The lowest BCUT2D eigenvalue weighted by Crippen LogP contribution is -2.40. The second-order valence-electron chi connectivity index (χ2n) is 14.3. The van der Waals surface area contributed by atoms with Crippen LogP contribution >= 0.6 is 15.8 Å². The van der Waals surface area contributed by atoms with Crippen LogP contribution in [0.4, 0.5) is 0 Å². The number of aryl methyl sites for hydroxylation is 2. The Bertz CT molecular complexity index is 1110. The lowest BCUT2D eigenvalue weighted by molar-refractivity contribution is 0.292. The zero-order valence-corrected chi connectivity index (χ0v) is 29.9. The zero-order chi connectivity index (χ0) is 30.2. The molecule has 5 atom stereocenters. The topological polar surface area (TPSA) is 18.5 Å². The molecule has 0 fully saturated rings. The maximum Gasteiger partial charge on any atom is 0.124 e. The second kappa shape index (κ2) is 13.0. The molecule has 40 heavy (non-hydrogen) atoms.